The number of hydrogen-bond acceptors (Lipinski definition) is 4. The van der Waals surface area contributed by atoms with Crippen molar-refractivity contribution >= 4 is 12.0 Å². The van der Waals surface area contributed by atoms with Crippen LogP contribution in [0.3, 0.4) is 0 Å². The highest BCUT2D eigenvalue weighted by atomic mass is 16.5. The van der Waals surface area contributed by atoms with Crippen molar-refractivity contribution in [3.63, 3.8) is 0 Å². The van der Waals surface area contributed by atoms with Gasteiger partial charge in [0.1, 0.15) is 11.8 Å². The van der Waals surface area contributed by atoms with E-state index in [4.69, 9.17) is 4.74 Å². The number of rotatable bonds is 5. The van der Waals surface area contributed by atoms with Gasteiger partial charge in [0.2, 0.25) is 5.91 Å². The lowest BCUT2D eigenvalue weighted by atomic mass is 10.1. The summed E-state index contributed by atoms with van der Waals surface area (Å²) in [4.78, 5) is 14.4. The van der Waals surface area contributed by atoms with Crippen LogP contribution in [-0.2, 0) is 16.1 Å². The zero-order valence-corrected chi connectivity index (χ0v) is 15.5. The molecule has 1 amide bonds. The first kappa shape index (κ1) is 18.1. The topological polar surface area (TPSA) is 60.2 Å². The van der Waals surface area contributed by atoms with Crippen LogP contribution < -0.4 is 0 Å². The Morgan fingerprint density at radius 1 is 1.11 bits per heavy atom. The summed E-state index contributed by atoms with van der Waals surface area (Å²) >= 11 is 0. The van der Waals surface area contributed by atoms with Gasteiger partial charge < -0.3 is 9.64 Å². The minimum absolute atomic E-state index is 0.0400. The first-order valence-electron chi connectivity index (χ1n) is 9.35. The van der Waals surface area contributed by atoms with E-state index in [0.29, 0.717) is 31.9 Å². The molecular formula is C22H22N4O2. The van der Waals surface area contributed by atoms with E-state index in [-0.39, 0.29) is 12.0 Å². The van der Waals surface area contributed by atoms with Crippen LogP contribution in [0.25, 0.3) is 6.08 Å². The number of benzene rings is 2. The quantitative estimate of drug-likeness (QED) is 0.644. The molecule has 0 aliphatic carbocycles. The zero-order valence-electron chi connectivity index (χ0n) is 15.5. The van der Waals surface area contributed by atoms with Gasteiger partial charge in [0.05, 0.1) is 25.9 Å². The van der Waals surface area contributed by atoms with E-state index < -0.39 is 0 Å². The molecular weight excluding hydrogens is 352 g/mol. The van der Waals surface area contributed by atoms with Crippen LogP contribution in [0.2, 0.25) is 0 Å². The lowest BCUT2D eigenvalue weighted by molar-refractivity contribution is -0.133. The molecule has 3 aromatic rings. The van der Waals surface area contributed by atoms with Crippen molar-refractivity contribution in [3.05, 3.63) is 89.8 Å². The molecule has 0 spiro atoms. The minimum Gasteiger partial charge on any atom is -0.370 e. The van der Waals surface area contributed by atoms with E-state index in [9.17, 15) is 4.79 Å². The first-order chi connectivity index (χ1) is 13.8. The molecule has 2 heterocycles. The van der Waals surface area contributed by atoms with Crippen molar-refractivity contribution < 1.29 is 9.53 Å². The highest BCUT2D eigenvalue weighted by Crippen LogP contribution is 2.22. The van der Waals surface area contributed by atoms with E-state index in [1.54, 1.807) is 16.8 Å². The van der Waals surface area contributed by atoms with Gasteiger partial charge in [-0.2, -0.15) is 0 Å². The van der Waals surface area contributed by atoms with Gasteiger partial charge in [0, 0.05) is 12.6 Å². The minimum atomic E-state index is -0.0842. The van der Waals surface area contributed by atoms with E-state index in [0.717, 1.165) is 11.1 Å². The van der Waals surface area contributed by atoms with Gasteiger partial charge in [0.15, 0.2) is 0 Å². The molecule has 6 nitrogen and oxygen atoms in total. The second-order valence-electron chi connectivity index (χ2n) is 6.71. The molecule has 1 atom stereocenters. The predicted octanol–water partition coefficient (Wildman–Crippen LogP) is 2.94. The third-order valence-electron chi connectivity index (χ3n) is 4.69. The van der Waals surface area contributed by atoms with Crippen LogP contribution in [0.5, 0.6) is 0 Å². The molecule has 1 aromatic heterocycles. The van der Waals surface area contributed by atoms with Crippen molar-refractivity contribution in [2.45, 2.75) is 12.6 Å². The second kappa shape index (κ2) is 8.63. The van der Waals surface area contributed by atoms with Gasteiger partial charge in [-0.3, -0.25) is 4.79 Å². The van der Waals surface area contributed by atoms with E-state index in [1.165, 1.54) is 0 Å². The molecule has 1 aliphatic rings. The highest BCUT2D eigenvalue weighted by molar-refractivity contribution is 5.91. The fraction of sp³-hybridized carbons (Fsp3) is 0.227. The molecule has 1 aliphatic heterocycles. The SMILES string of the molecule is O=C(/C=C/c1cn(Cc2ccccc2)nn1)N1CCO[C@H](c2ccccc2)C1. The Morgan fingerprint density at radius 3 is 2.64 bits per heavy atom. The molecule has 1 fully saturated rings. The van der Waals surface area contributed by atoms with Crippen LogP contribution >= 0.6 is 0 Å². The van der Waals surface area contributed by atoms with Crippen molar-refractivity contribution in [2.75, 3.05) is 19.7 Å². The molecule has 0 unspecified atom stereocenters. The standard InChI is InChI=1S/C22H22N4O2/c27-22(25-13-14-28-21(17-25)19-9-5-2-6-10-19)12-11-20-16-26(24-23-20)15-18-7-3-1-4-8-18/h1-12,16,21H,13-15,17H2/b12-11+/t21-/m0/s1. The number of morpholine rings is 1. The second-order valence-corrected chi connectivity index (χ2v) is 6.71. The van der Waals surface area contributed by atoms with Gasteiger partial charge in [-0.05, 0) is 17.2 Å². The lowest BCUT2D eigenvalue weighted by Crippen LogP contribution is -2.41. The predicted molar refractivity (Wildman–Crippen MR) is 106 cm³/mol. The Hall–Kier alpha value is -3.25. The summed E-state index contributed by atoms with van der Waals surface area (Å²) < 4.78 is 7.59. The van der Waals surface area contributed by atoms with Gasteiger partial charge in [0.25, 0.3) is 0 Å². The normalized spacial score (nSPS) is 17.1. The highest BCUT2D eigenvalue weighted by Gasteiger charge is 2.24. The van der Waals surface area contributed by atoms with Gasteiger partial charge >= 0.3 is 0 Å². The number of ether oxygens (including phenoxy) is 1. The Kier molecular flexibility index (Phi) is 5.58. The fourth-order valence-electron chi connectivity index (χ4n) is 3.22. The average molecular weight is 374 g/mol. The maximum absolute atomic E-state index is 12.6. The molecule has 4 rings (SSSR count). The number of amides is 1. The average Bonchev–Trinajstić information content (AvgIpc) is 3.21. The van der Waals surface area contributed by atoms with Crippen LogP contribution in [0.1, 0.15) is 22.9 Å². The molecule has 0 saturated carbocycles. The molecule has 0 bridgehead atoms. The summed E-state index contributed by atoms with van der Waals surface area (Å²) in [5.74, 6) is -0.0400. The maximum Gasteiger partial charge on any atom is 0.246 e. The summed E-state index contributed by atoms with van der Waals surface area (Å²) in [5.41, 5.74) is 2.91. The number of carbonyl (C=O) groups is 1. The smallest absolute Gasteiger partial charge is 0.246 e. The largest absolute Gasteiger partial charge is 0.370 e. The third kappa shape index (κ3) is 4.53. The van der Waals surface area contributed by atoms with E-state index in [2.05, 4.69) is 10.3 Å². The summed E-state index contributed by atoms with van der Waals surface area (Å²) in [6.45, 7) is 2.32. The van der Waals surface area contributed by atoms with Gasteiger partial charge in [-0.1, -0.05) is 65.9 Å². The number of carbonyl (C=O) groups excluding carboxylic acids is 1. The molecule has 1 saturated heterocycles. The van der Waals surface area contributed by atoms with Crippen LogP contribution in [0.4, 0.5) is 0 Å². The number of aromatic nitrogens is 3. The summed E-state index contributed by atoms with van der Waals surface area (Å²) in [5, 5.41) is 8.25. The summed E-state index contributed by atoms with van der Waals surface area (Å²) in [7, 11) is 0. The van der Waals surface area contributed by atoms with Crippen molar-refractivity contribution in [2.24, 2.45) is 0 Å². The van der Waals surface area contributed by atoms with Crippen molar-refractivity contribution in [1.82, 2.24) is 19.9 Å². The lowest BCUT2D eigenvalue weighted by Gasteiger charge is -2.32. The van der Waals surface area contributed by atoms with Gasteiger partial charge in [-0.15, -0.1) is 5.10 Å². The fourth-order valence-corrected chi connectivity index (χ4v) is 3.22. The van der Waals surface area contributed by atoms with Crippen molar-refractivity contribution in [1.29, 1.82) is 0 Å². The molecule has 142 valence electrons. The van der Waals surface area contributed by atoms with Crippen LogP contribution in [0.15, 0.2) is 72.9 Å². The summed E-state index contributed by atoms with van der Waals surface area (Å²) in [6.07, 6.45) is 5.02. The molecule has 0 radical (unpaired) electrons. The summed E-state index contributed by atoms with van der Waals surface area (Å²) in [6, 6.07) is 20.1. The Morgan fingerprint density at radius 2 is 1.86 bits per heavy atom. The van der Waals surface area contributed by atoms with E-state index >= 15 is 0 Å². The van der Waals surface area contributed by atoms with Gasteiger partial charge in [-0.25, -0.2) is 4.68 Å². The van der Waals surface area contributed by atoms with Crippen LogP contribution in [0, 0.1) is 0 Å². The third-order valence-corrected chi connectivity index (χ3v) is 4.69. The van der Waals surface area contributed by atoms with Crippen molar-refractivity contribution in [3.8, 4) is 0 Å². The van der Waals surface area contributed by atoms with Crippen LogP contribution in [-0.4, -0.2) is 45.5 Å². The Balaban J connectivity index is 1.36. The Bertz CT molecular complexity index is 937. The monoisotopic (exact) mass is 374 g/mol. The first-order valence-corrected chi connectivity index (χ1v) is 9.35. The molecule has 6 heteroatoms. The zero-order chi connectivity index (χ0) is 19.2. The molecule has 28 heavy (non-hydrogen) atoms. The Labute approximate surface area is 164 Å². The van der Waals surface area contributed by atoms with E-state index in [1.807, 2.05) is 71.8 Å². The number of hydrogen-bond donors (Lipinski definition) is 0. The molecule has 2 aromatic carbocycles. The number of nitrogens with zero attached hydrogens (tertiary/aromatic N) is 4. The maximum atomic E-state index is 12.6. The molecule has 0 N–H and O–H groups in total.